The number of hydrogen-bond donors (Lipinski definition) is 1. The fraction of sp³-hybridized carbons (Fsp3) is 0.421. The van der Waals surface area contributed by atoms with Gasteiger partial charge < -0.3 is 14.5 Å². The van der Waals surface area contributed by atoms with Gasteiger partial charge in [0.1, 0.15) is 17.3 Å². The minimum Gasteiger partial charge on any atom is -0.483 e. The molecule has 0 aliphatic heterocycles. The maximum atomic E-state index is 12.1. The third-order valence-electron chi connectivity index (χ3n) is 3.96. The van der Waals surface area contributed by atoms with Crippen molar-refractivity contribution in [3.63, 3.8) is 0 Å². The number of furan rings is 1. The second-order valence-electron chi connectivity index (χ2n) is 6.24. The molecule has 0 radical (unpaired) electrons. The van der Waals surface area contributed by atoms with Crippen LogP contribution in [0.2, 0.25) is 0 Å². The maximum Gasteiger partial charge on any atom is 0.258 e. The molecular formula is C19H26N2O3. The van der Waals surface area contributed by atoms with Gasteiger partial charge in [0.2, 0.25) is 0 Å². The Kier molecular flexibility index (Phi) is 6.04. The number of likely N-dealkylation sites (N-methyl/N-ethyl adjacent to an activating group) is 1. The number of ether oxygens (including phenoxy) is 1. The van der Waals surface area contributed by atoms with E-state index in [0.717, 1.165) is 28.4 Å². The zero-order valence-corrected chi connectivity index (χ0v) is 15.1. The molecule has 1 aromatic heterocycles. The lowest BCUT2D eigenvalue weighted by atomic mass is 10.1. The van der Waals surface area contributed by atoms with Crippen molar-refractivity contribution in [3.05, 3.63) is 53.0 Å². The summed E-state index contributed by atoms with van der Waals surface area (Å²) >= 11 is 0. The molecular weight excluding hydrogens is 304 g/mol. The van der Waals surface area contributed by atoms with Crippen LogP contribution in [0.25, 0.3) is 0 Å². The topological polar surface area (TPSA) is 54.7 Å². The number of benzene rings is 1. The van der Waals surface area contributed by atoms with Crippen LogP contribution < -0.4 is 10.1 Å². The zero-order chi connectivity index (χ0) is 17.7. The molecule has 1 aromatic carbocycles. The molecule has 130 valence electrons. The molecule has 1 amide bonds. The Morgan fingerprint density at radius 2 is 1.83 bits per heavy atom. The van der Waals surface area contributed by atoms with E-state index in [9.17, 15) is 4.79 Å². The predicted molar refractivity (Wildman–Crippen MR) is 94.3 cm³/mol. The van der Waals surface area contributed by atoms with Gasteiger partial charge in [-0.25, -0.2) is 0 Å². The highest BCUT2D eigenvalue weighted by Gasteiger charge is 2.18. The Hall–Kier alpha value is -2.27. The summed E-state index contributed by atoms with van der Waals surface area (Å²) in [5, 5.41) is 2.92. The third kappa shape index (κ3) is 4.61. The van der Waals surface area contributed by atoms with Crippen molar-refractivity contribution in [1.82, 2.24) is 10.2 Å². The normalized spacial score (nSPS) is 12.2. The molecule has 0 aliphatic carbocycles. The molecule has 0 saturated carbocycles. The first-order valence-corrected chi connectivity index (χ1v) is 8.07. The van der Waals surface area contributed by atoms with Crippen LogP contribution in [0.1, 0.15) is 28.7 Å². The summed E-state index contributed by atoms with van der Waals surface area (Å²) in [7, 11) is 3.92. The molecule has 0 fully saturated rings. The standard InChI is InChI=1S/C19H26N2O3/c1-13-7-6-8-14(2)19(13)23-12-18(22)20-11-16(21(4)5)17-10-9-15(3)24-17/h6-10,16H,11-12H2,1-5H3,(H,20,22)/t16-/m1/s1. The van der Waals surface area contributed by atoms with Crippen LogP contribution in [0.3, 0.4) is 0 Å². The minimum atomic E-state index is -0.146. The number of carbonyl (C=O) groups excluding carboxylic acids is 1. The summed E-state index contributed by atoms with van der Waals surface area (Å²) in [6.45, 7) is 6.33. The quantitative estimate of drug-likeness (QED) is 0.848. The van der Waals surface area contributed by atoms with E-state index in [0.29, 0.717) is 6.54 Å². The number of aryl methyl sites for hydroxylation is 3. The van der Waals surface area contributed by atoms with Gasteiger partial charge in [-0.15, -0.1) is 0 Å². The number of nitrogens with zero attached hydrogens (tertiary/aromatic N) is 1. The van der Waals surface area contributed by atoms with Crippen LogP contribution >= 0.6 is 0 Å². The van der Waals surface area contributed by atoms with Gasteiger partial charge in [0.05, 0.1) is 6.04 Å². The summed E-state index contributed by atoms with van der Waals surface area (Å²) in [6, 6.07) is 9.79. The van der Waals surface area contributed by atoms with Crippen LogP contribution in [0, 0.1) is 20.8 Å². The van der Waals surface area contributed by atoms with Crippen molar-refractivity contribution in [2.24, 2.45) is 0 Å². The van der Waals surface area contributed by atoms with Gasteiger partial charge in [0.15, 0.2) is 6.61 Å². The Morgan fingerprint density at radius 3 is 2.38 bits per heavy atom. The number of amides is 1. The Morgan fingerprint density at radius 1 is 1.17 bits per heavy atom. The fourth-order valence-electron chi connectivity index (χ4n) is 2.60. The molecule has 2 aromatic rings. The first-order valence-electron chi connectivity index (χ1n) is 8.07. The van der Waals surface area contributed by atoms with Gasteiger partial charge >= 0.3 is 0 Å². The minimum absolute atomic E-state index is 0.00300. The highest BCUT2D eigenvalue weighted by molar-refractivity contribution is 5.77. The average Bonchev–Trinajstić information content (AvgIpc) is 2.93. The smallest absolute Gasteiger partial charge is 0.258 e. The van der Waals surface area contributed by atoms with E-state index < -0.39 is 0 Å². The number of nitrogens with one attached hydrogen (secondary N) is 1. The van der Waals surface area contributed by atoms with E-state index in [1.54, 1.807) is 0 Å². The summed E-state index contributed by atoms with van der Waals surface area (Å²) in [4.78, 5) is 14.1. The lowest BCUT2D eigenvalue weighted by Gasteiger charge is -2.22. The lowest BCUT2D eigenvalue weighted by molar-refractivity contribution is -0.123. The molecule has 0 saturated heterocycles. The van der Waals surface area contributed by atoms with Gasteiger partial charge in [-0.3, -0.25) is 9.69 Å². The molecule has 2 rings (SSSR count). The van der Waals surface area contributed by atoms with Crippen LogP contribution in [0.5, 0.6) is 5.75 Å². The molecule has 1 atom stereocenters. The number of hydrogen-bond acceptors (Lipinski definition) is 4. The van der Waals surface area contributed by atoms with E-state index >= 15 is 0 Å². The second-order valence-corrected chi connectivity index (χ2v) is 6.24. The number of para-hydroxylation sites is 1. The Labute approximate surface area is 143 Å². The molecule has 24 heavy (non-hydrogen) atoms. The summed E-state index contributed by atoms with van der Waals surface area (Å²) < 4.78 is 11.4. The van der Waals surface area contributed by atoms with Gasteiger partial charge in [0.25, 0.3) is 5.91 Å². The summed E-state index contributed by atoms with van der Waals surface area (Å²) in [5.41, 5.74) is 2.06. The van der Waals surface area contributed by atoms with Gasteiger partial charge in [0, 0.05) is 6.54 Å². The largest absolute Gasteiger partial charge is 0.483 e. The third-order valence-corrected chi connectivity index (χ3v) is 3.96. The monoisotopic (exact) mass is 330 g/mol. The van der Waals surface area contributed by atoms with Crippen LogP contribution in [-0.4, -0.2) is 38.1 Å². The Balaban J connectivity index is 1.90. The van der Waals surface area contributed by atoms with Gasteiger partial charge in [-0.2, -0.15) is 0 Å². The van der Waals surface area contributed by atoms with E-state index in [2.05, 4.69) is 5.32 Å². The number of rotatable bonds is 7. The number of carbonyl (C=O) groups is 1. The molecule has 1 heterocycles. The highest BCUT2D eigenvalue weighted by atomic mass is 16.5. The van der Waals surface area contributed by atoms with Crippen LogP contribution in [0.4, 0.5) is 0 Å². The molecule has 0 spiro atoms. The van der Waals surface area contributed by atoms with Crippen LogP contribution in [-0.2, 0) is 4.79 Å². The predicted octanol–water partition coefficient (Wildman–Crippen LogP) is 3.00. The highest BCUT2D eigenvalue weighted by Crippen LogP contribution is 2.22. The summed E-state index contributed by atoms with van der Waals surface area (Å²) in [5.74, 6) is 2.33. The van der Waals surface area contributed by atoms with Crippen molar-refractivity contribution in [2.45, 2.75) is 26.8 Å². The van der Waals surface area contributed by atoms with E-state index in [1.807, 2.05) is 70.1 Å². The first kappa shape index (κ1) is 18.1. The summed E-state index contributed by atoms with van der Waals surface area (Å²) in [6.07, 6.45) is 0. The second kappa shape index (κ2) is 8.02. The molecule has 5 heteroatoms. The molecule has 1 N–H and O–H groups in total. The van der Waals surface area contributed by atoms with E-state index in [4.69, 9.17) is 9.15 Å². The molecule has 5 nitrogen and oxygen atoms in total. The van der Waals surface area contributed by atoms with Gasteiger partial charge in [-0.1, -0.05) is 18.2 Å². The van der Waals surface area contributed by atoms with Crippen molar-refractivity contribution in [2.75, 3.05) is 27.2 Å². The van der Waals surface area contributed by atoms with Crippen molar-refractivity contribution in [1.29, 1.82) is 0 Å². The first-order chi connectivity index (χ1) is 11.4. The van der Waals surface area contributed by atoms with Crippen molar-refractivity contribution in [3.8, 4) is 5.75 Å². The van der Waals surface area contributed by atoms with E-state index in [1.165, 1.54) is 0 Å². The molecule has 0 aliphatic rings. The average molecular weight is 330 g/mol. The van der Waals surface area contributed by atoms with Crippen LogP contribution in [0.15, 0.2) is 34.7 Å². The molecule has 0 bridgehead atoms. The maximum absolute atomic E-state index is 12.1. The van der Waals surface area contributed by atoms with Gasteiger partial charge in [-0.05, 0) is 58.1 Å². The lowest BCUT2D eigenvalue weighted by Crippen LogP contribution is -2.36. The fourth-order valence-corrected chi connectivity index (χ4v) is 2.60. The zero-order valence-electron chi connectivity index (χ0n) is 15.1. The molecule has 0 unspecified atom stereocenters. The Bertz CT molecular complexity index is 671. The van der Waals surface area contributed by atoms with Crippen molar-refractivity contribution < 1.29 is 13.9 Å². The SMILES string of the molecule is Cc1ccc([C@@H](CNC(=O)COc2c(C)cccc2C)N(C)C)o1. The van der Waals surface area contributed by atoms with Crippen molar-refractivity contribution >= 4 is 5.91 Å². The van der Waals surface area contributed by atoms with E-state index in [-0.39, 0.29) is 18.6 Å².